The van der Waals surface area contributed by atoms with Crippen LogP contribution < -0.4 is 0 Å². The number of para-hydroxylation sites is 1. The summed E-state index contributed by atoms with van der Waals surface area (Å²) in [7, 11) is 1.15. The zero-order valence-corrected chi connectivity index (χ0v) is 9.85. The number of methoxy groups -OCH3 is 1. The Morgan fingerprint density at radius 2 is 2.06 bits per heavy atom. The normalized spacial score (nSPS) is 10.6. The number of hydrogen-bond acceptors (Lipinski definition) is 3. The van der Waals surface area contributed by atoms with Crippen molar-refractivity contribution in [3.63, 3.8) is 0 Å². The van der Waals surface area contributed by atoms with Crippen LogP contribution in [0.2, 0.25) is 0 Å². The molecule has 0 atom stereocenters. The van der Waals surface area contributed by atoms with Gasteiger partial charge in [-0.15, -0.1) is 0 Å². The number of ketones is 1. The highest BCUT2D eigenvalue weighted by molar-refractivity contribution is 6.42. The van der Waals surface area contributed by atoms with Crippen LogP contribution in [0.15, 0.2) is 30.5 Å². The van der Waals surface area contributed by atoms with E-state index in [0.29, 0.717) is 5.39 Å². The molecule has 0 amide bonds. The molecule has 18 heavy (non-hydrogen) atoms. The van der Waals surface area contributed by atoms with Crippen LogP contribution >= 0.6 is 0 Å². The molecule has 1 aromatic carbocycles. The molecule has 0 fully saturated rings. The minimum Gasteiger partial charge on any atom is -0.463 e. The Balaban J connectivity index is 2.57. The van der Waals surface area contributed by atoms with Gasteiger partial charge in [0.2, 0.25) is 0 Å². The molecule has 0 aliphatic carbocycles. The van der Waals surface area contributed by atoms with Gasteiger partial charge in [0.1, 0.15) is 6.67 Å². The fraction of sp³-hybridized carbons (Fsp3) is 0.231. The smallest absolute Gasteiger partial charge is 0.379 e. The number of nitrogens with zero attached hydrogens (tertiary/aromatic N) is 1. The van der Waals surface area contributed by atoms with E-state index in [0.717, 1.165) is 12.6 Å². The molecule has 1 aromatic heterocycles. The maximum Gasteiger partial charge on any atom is 0.379 e. The summed E-state index contributed by atoms with van der Waals surface area (Å²) in [6.45, 7) is -0.389. The van der Waals surface area contributed by atoms with Gasteiger partial charge >= 0.3 is 5.97 Å². The fourth-order valence-corrected chi connectivity index (χ4v) is 1.91. The highest BCUT2D eigenvalue weighted by atomic mass is 19.1. The number of carbonyl (C=O) groups is 2. The third-order valence-electron chi connectivity index (χ3n) is 2.73. The van der Waals surface area contributed by atoms with Crippen molar-refractivity contribution in [3.05, 3.63) is 36.0 Å². The first-order valence-electron chi connectivity index (χ1n) is 5.45. The van der Waals surface area contributed by atoms with E-state index in [-0.39, 0.29) is 12.1 Å². The Morgan fingerprint density at radius 1 is 1.33 bits per heavy atom. The van der Waals surface area contributed by atoms with E-state index in [1.165, 1.54) is 6.20 Å². The van der Waals surface area contributed by atoms with Crippen molar-refractivity contribution in [1.29, 1.82) is 0 Å². The van der Waals surface area contributed by atoms with Crippen LogP contribution in [-0.2, 0) is 16.1 Å². The van der Waals surface area contributed by atoms with Crippen molar-refractivity contribution in [3.8, 4) is 0 Å². The second-order valence-corrected chi connectivity index (χ2v) is 3.76. The molecule has 94 valence electrons. The summed E-state index contributed by atoms with van der Waals surface area (Å²) < 4.78 is 18.5. The van der Waals surface area contributed by atoms with Crippen molar-refractivity contribution in [2.45, 2.75) is 6.54 Å². The van der Waals surface area contributed by atoms with Crippen LogP contribution in [-0.4, -0.2) is 30.1 Å². The van der Waals surface area contributed by atoms with Crippen LogP contribution in [0.1, 0.15) is 10.4 Å². The molecule has 2 rings (SSSR count). The molecule has 2 aromatic rings. The maximum atomic E-state index is 12.4. The van der Waals surface area contributed by atoms with Gasteiger partial charge in [-0.2, -0.15) is 0 Å². The van der Waals surface area contributed by atoms with E-state index in [1.807, 2.05) is 0 Å². The first-order valence-corrected chi connectivity index (χ1v) is 5.45. The zero-order valence-electron chi connectivity index (χ0n) is 9.85. The summed E-state index contributed by atoms with van der Waals surface area (Å²) in [5.74, 6) is -1.63. The number of aromatic nitrogens is 1. The second kappa shape index (κ2) is 5.00. The summed E-state index contributed by atoms with van der Waals surface area (Å²) in [4.78, 5) is 23.1. The molecule has 0 spiro atoms. The summed E-state index contributed by atoms with van der Waals surface area (Å²) >= 11 is 0. The van der Waals surface area contributed by atoms with Gasteiger partial charge in [-0.3, -0.25) is 4.79 Å². The first kappa shape index (κ1) is 12.3. The number of Topliss-reactive ketones (excluding diaryl/α,β-unsaturated/α-hetero) is 1. The Morgan fingerprint density at radius 3 is 2.72 bits per heavy atom. The van der Waals surface area contributed by atoms with Gasteiger partial charge in [-0.1, -0.05) is 18.2 Å². The van der Waals surface area contributed by atoms with Crippen molar-refractivity contribution >= 4 is 22.7 Å². The van der Waals surface area contributed by atoms with E-state index >= 15 is 0 Å². The van der Waals surface area contributed by atoms with Gasteiger partial charge in [0.25, 0.3) is 5.78 Å². The molecule has 1 heterocycles. The monoisotopic (exact) mass is 249 g/mol. The Labute approximate surface area is 103 Å². The largest absolute Gasteiger partial charge is 0.463 e. The predicted octanol–water partition coefficient (Wildman–Crippen LogP) is 1.97. The number of rotatable bonds is 4. The van der Waals surface area contributed by atoms with Crippen molar-refractivity contribution in [2.24, 2.45) is 0 Å². The Bertz CT molecular complexity index is 603. The molecule has 0 saturated carbocycles. The van der Waals surface area contributed by atoms with E-state index in [4.69, 9.17) is 0 Å². The lowest BCUT2D eigenvalue weighted by Gasteiger charge is -1.99. The molecular formula is C13H12FNO3. The van der Waals surface area contributed by atoms with Crippen LogP contribution in [0.25, 0.3) is 10.9 Å². The number of carbonyl (C=O) groups excluding carboxylic acids is 2. The number of aryl methyl sites for hydroxylation is 1. The molecule has 4 nitrogen and oxygen atoms in total. The number of hydrogen-bond donors (Lipinski definition) is 0. The molecule has 5 heteroatoms. The highest BCUT2D eigenvalue weighted by Crippen LogP contribution is 2.22. The lowest BCUT2D eigenvalue weighted by molar-refractivity contribution is -0.135. The highest BCUT2D eigenvalue weighted by Gasteiger charge is 2.21. The molecule has 0 N–H and O–H groups in total. The second-order valence-electron chi connectivity index (χ2n) is 3.76. The zero-order chi connectivity index (χ0) is 13.1. The van der Waals surface area contributed by atoms with Gasteiger partial charge in [0.15, 0.2) is 0 Å². The number of alkyl halides is 1. The Kier molecular flexibility index (Phi) is 3.41. The third kappa shape index (κ3) is 1.99. The van der Waals surface area contributed by atoms with Gasteiger partial charge in [0, 0.05) is 17.1 Å². The van der Waals surface area contributed by atoms with Crippen LogP contribution in [0.3, 0.4) is 0 Å². The average Bonchev–Trinajstić information content (AvgIpc) is 2.77. The summed E-state index contributed by atoms with van der Waals surface area (Å²) in [5, 5.41) is 0.626. The van der Waals surface area contributed by atoms with Crippen molar-refractivity contribution in [1.82, 2.24) is 4.57 Å². The van der Waals surface area contributed by atoms with Gasteiger partial charge < -0.3 is 9.30 Å². The lowest BCUT2D eigenvalue weighted by atomic mass is 10.1. The van der Waals surface area contributed by atoms with Crippen molar-refractivity contribution in [2.75, 3.05) is 13.8 Å². The third-order valence-corrected chi connectivity index (χ3v) is 2.73. The number of fused-ring (bicyclic) bond motifs is 1. The van der Waals surface area contributed by atoms with E-state index in [1.54, 1.807) is 28.8 Å². The molecule has 0 bridgehead atoms. The van der Waals surface area contributed by atoms with Gasteiger partial charge in [-0.25, -0.2) is 9.18 Å². The van der Waals surface area contributed by atoms with Crippen LogP contribution in [0.5, 0.6) is 0 Å². The summed E-state index contributed by atoms with van der Waals surface area (Å²) in [5.41, 5.74) is 0.966. The predicted molar refractivity (Wildman–Crippen MR) is 64.3 cm³/mol. The SMILES string of the molecule is COC(=O)C(=O)c1cn(CCF)c2ccccc12. The molecule has 0 aliphatic heterocycles. The van der Waals surface area contributed by atoms with E-state index in [9.17, 15) is 14.0 Å². The van der Waals surface area contributed by atoms with E-state index in [2.05, 4.69) is 4.74 Å². The molecule has 0 radical (unpaired) electrons. The summed E-state index contributed by atoms with van der Waals surface area (Å²) in [6, 6.07) is 7.05. The number of benzene rings is 1. The minimum absolute atomic E-state index is 0.148. The molecule has 0 saturated heterocycles. The topological polar surface area (TPSA) is 48.3 Å². The standard InChI is InChI=1S/C13H12FNO3/c1-18-13(17)12(16)10-8-15(7-6-14)11-5-3-2-4-9(10)11/h2-5,8H,6-7H2,1H3. The maximum absolute atomic E-state index is 12.4. The first-order chi connectivity index (χ1) is 8.69. The minimum atomic E-state index is -0.918. The van der Waals surface area contributed by atoms with Crippen LogP contribution in [0.4, 0.5) is 4.39 Å². The molecule has 0 unspecified atom stereocenters. The van der Waals surface area contributed by atoms with Crippen molar-refractivity contribution < 1.29 is 18.7 Å². The average molecular weight is 249 g/mol. The Hall–Kier alpha value is -2.17. The van der Waals surface area contributed by atoms with Crippen LogP contribution in [0, 0.1) is 0 Å². The number of esters is 1. The van der Waals surface area contributed by atoms with E-state index < -0.39 is 18.4 Å². The van der Waals surface area contributed by atoms with Gasteiger partial charge in [-0.05, 0) is 6.07 Å². The van der Waals surface area contributed by atoms with Gasteiger partial charge in [0.05, 0.1) is 19.2 Å². The molecule has 0 aliphatic rings. The number of ether oxygens (including phenoxy) is 1. The summed E-state index contributed by atoms with van der Waals surface area (Å²) in [6.07, 6.45) is 1.49. The lowest BCUT2D eigenvalue weighted by Crippen LogP contribution is -2.15. The fourth-order valence-electron chi connectivity index (χ4n) is 1.91. The number of halogens is 1. The molecular weight excluding hydrogens is 237 g/mol. The quantitative estimate of drug-likeness (QED) is 0.473.